The molecule has 1 aromatic carbocycles. The quantitative estimate of drug-likeness (QED) is 0.902. The lowest BCUT2D eigenvalue weighted by atomic mass is 10.2. The van der Waals surface area contributed by atoms with E-state index in [1.807, 2.05) is 0 Å². The number of halogens is 3. The molecule has 84 valence electrons. The summed E-state index contributed by atoms with van der Waals surface area (Å²) in [5.41, 5.74) is 5.84. The van der Waals surface area contributed by atoms with Crippen molar-refractivity contribution in [1.29, 1.82) is 0 Å². The molecule has 2 N–H and O–H groups in total. The Morgan fingerprint density at radius 3 is 2.62 bits per heavy atom. The van der Waals surface area contributed by atoms with Crippen LogP contribution < -0.4 is 5.73 Å². The van der Waals surface area contributed by atoms with E-state index < -0.39 is 0 Å². The topological polar surface area (TPSA) is 43.8 Å². The van der Waals surface area contributed by atoms with Crippen LogP contribution in [0.3, 0.4) is 0 Å². The van der Waals surface area contributed by atoms with Crippen LogP contribution in [0.1, 0.15) is 5.56 Å². The first-order valence-electron chi connectivity index (χ1n) is 4.49. The summed E-state index contributed by atoms with van der Waals surface area (Å²) in [6, 6.07) is 4.51. The number of hydrogen-bond donors (Lipinski definition) is 1. The molecule has 0 bridgehead atoms. The standard InChI is InChI=1S/C10H8Cl2FN3/c11-7-2-1-3-9(13)6(7)4-16-5-8(12)10(14)15-16/h1-3,5H,4H2,(H2,14,15). The van der Waals surface area contributed by atoms with Crippen molar-refractivity contribution in [2.75, 3.05) is 5.73 Å². The van der Waals surface area contributed by atoms with Gasteiger partial charge in [-0.1, -0.05) is 29.3 Å². The van der Waals surface area contributed by atoms with Crippen molar-refractivity contribution < 1.29 is 4.39 Å². The van der Waals surface area contributed by atoms with Crippen LogP contribution in [0.4, 0.5) is 10.2 Å². The largest absolute Gasteiger partial charge is 0.381 e. The Morgan fingerprint density at radius 1 is 1.31 bits per heavy atom. The van der Waals surface area contributed by atoms with Gasteiger partial charge in [-0.05, 0) is 12.1 Å². The smallest absolute Gasteiger partial charge is 0.164 e. The van der Waals surface area contributed by atoms with Gasteiger partial charge in [-0.2, -0.15) is 5.10 Å². The van der Waals surface area contributed by atoms with E-state index in [4.69, 9.17) is 28.9 Å². The third-order valence-corrected chi connectivity index (χ3v) is 2.77. The lowest BCUT2D eigenvalue weighted by Gasteiger charge is -2.05. The van der Waals surface area contributed by atoms with E-state index in [1.165, 1.54) is 16.9 Å². The minimum absolute atomic E-state index is 0.197. The van der Waals surface area contributed by atoms with Crippen LogP contribution in [0, 0.1) is 5.82 Å². The first-order chi connectivity index (χ1) is 7.58. The fourth-order valence-corrected chi connectivity index (χ4v) is 1.71. The van der Waals surface area contributed by atoms with Gasteiger partial charge in [0.25, 0.3) is 0 Å². The molecule has 2 aromatic rings. The molecule has 0 aliphatic heterocycles. The van der Waals surface area contributed by atoms with Gasteiger partial charge in [0.05, 0.1) is 6.54 Å². The Bertz CT molecular complexity index is 485. The van der Waals surface area contributed by atoms with Crippen LogP contribution in [-0.4, -0.2) is 9.78 Å². The van der Waals surface area contributed by atoms with Gasteiger partial charge >= 0.3 is 0 Å². The highest BCUT2D eigenvalue weighted by molar-refractivity contribution is 6.32. The highest BCUT2D eigenvalue weighted by Crippen LogP contribution is 2.22. The van der Waals surface area contributed by atoms with E-state index in [2.05, 4.69) is 5.10 Å². The van der Waals surface area contributed by atoms with Crippen LogP contribution in [0.15, 0.2) is 24.4 Å². The van der Waals surface area contributed by atoms with Crippen molar-refractivity contribution in [3.63, 3.8) is 0 Å². The van der Waals surface area contributed by atoms with E-state index in [-0.39, 0.29) is 18.2 Å². The summed E-state index contributed by atoms with van der Waals surface area (Å²) in [6.07, 6.45) is 1.53. The van der Waals surface area contributed by atoms with E-state index in [0.29, 0.717) is 15.6 Å². The van der Waals surface area contributed by atoms with Crippen LogP contribution >= 0.6 is 23.2 Å². The molecule has 0 fully saturated rings. The summed E-state index contributed by atoms with van der Waals surface area (Å²) in [7, 11) is 0. The minimum Gasteiger partial charge on any atom is -0.381 e. The molecule has 2 rings (SSSR count). The molecular weight excluding hydrogens is 252 g/mol. The molecule has 0 unspecified atom stereocenters. The Kier molecular flexibility index (Phi) is 3.03. The second-order valence-corrected chi connectivity index (χ2v) is 4.07. The maximum absolute atomic E-state index is 13.5. The van der Waals surface area contributed by atoms with Gasteiger partial charge in [0.15, 0.2) is 5.82 Å². The number of benzene rings is 1. The summed E-state index contributed by atoms with van der Waals surface area (Å²) >= 11 is 11.6. The fraction of sp³-hybridized carbons (Fsp3) is 0.100. The first-order valence-corrected chi connectivity index (χ1v) is 5.25. The van der Waals surface area contributed by atoms with Crippen molar-refractivity contribution in [3.8, 4) is 0 Å². The molecule has 0 aliphatic carbocycles. The predicted octanol–water partition coefficient (Wildman–Crippen LogP) is 2.96. The zero-order chi connectivity index (χ0) is 11.7. The summed E-state index contributed by atoms with van der Waals surface area (Å²) in [5, 5.41) is 4.62. The monoisotopic (exact) mass is 259 g/mol. The number of nitrogens with two attached hydrogens (primary N) is 1. The Morgan fingerprint density at radius 2 is 2.06 bits per heavy atom. The summed E-state index contributed by atoms with van der Waals surface area (Å²) in [5.74, 6) is -0.160. The van der Waals surface area contributed by atoms with Gasteiger partial charge in [0.2, 0.25) is 0 Å². The summed E-state index contributed by atoms with van der Waals surface area (Å²) in [6.45, 7) is 0.197. The average Bonchev–Trinajstić information content (AvgIpc) is 2.53. The molecule has 3 nitrogen and oxygen atoms in total. The van der Waals surface area contributed by atoms with Gasteiger partial charge < -0.3 is 5.73 Å². The highest BCUT2D eigenvalue weighted by Gasteiger charge is 2.09. The van der Waals surface area contributed by atoms with Crippen molar-refractivity contribution in [3.05, 3.63) is 45.8 Å². The second-order valence-electron chi connectivity index (χ2n) is 3.26. The Balaban J connectivity index is 2.33. The third kappa shape index (κ3) is 2.13. The van der Waals surface area contributed by atoms with Crippen LogP contribution in [0.2, 0.25) is 10.0 Å². The molecule has 0 atom stereocenters. The van der Waals surface area contributed by atoms with Crippen LogP contribution in [-0.2, 0) is 6.54 Å². The molecule has 0 saturated heterocycles. The Hall–Kier alpha value is -1.26. The minimum atomic E-state index is -0.377. The predicted molar refractivity (Wildman–Crippen MR) is 62.2 cm³/mol. The fourth-order valence-electron chi connectivity index (χ4n) is 1.34. The number of hydrogen-bond acceptors (Lipinski definition) is 2. The van der Waals surface area contributed by atoms with Gasteiger partial charge in [0, 0.05) is 16.8 Å². The zero-order valence-electron chi connectivity index (χ0n) is 8.12. The molecule has 0 radical (unpaired) electrons. The number of aromatic nitrogens is 2. The molecule has 1 aromatic heterocycles. The second kappa shape index (κ2) is 4.31. The maximum atomic E-state index is 13.5. The van der Waals surface area contributed by atoms with Crippen molar-refractivity contribution in [2.45, 2.75) is 6.54 Å². The third-order valence-electron chi connectivity index (χ3n) is 2.13. The SMILES string of the molecule is Nc1nn(Cc2c(F)cccc2Cl)cc1Cl. The molecule has 16 heavy (non-hydrogen) atoms. The van der Waals surface area contributed by atoms with Gasteiger partial charge in [-0.15, -0.1) is 0 Å². The van der Waals surface area contributed by atoms with Gasteiger partial charge in [-0.25, -0.2) is 4.39 Å². The van der Waals surface area contributed by atoms with E-state index >= 15 is 0 Å². The summed E-state index contributed by atoms with van der Waals surface area (Å²) in [4.78, 5) is 0. The number of nitrogen functional groups attached to an aromatic ring is 1. The first kappa shape index (κ1) is 11.2. The average molecular weight is 260 g/mol. The maximum Gasteiger partial charge on any atom is 0.164 e. The van der Waals surface area contributed by atoms with Gasteiger partial charge in [0.1, 0.15) is 10.8 Å². The highest BCUT2D eigenvalue weighted by atomic mass is 35.5. The van der Waals surface area contributed by atoms with E-state index in [1.54, 1.807) is 12.1 Å². The lowest BCUT2D eigenvalue weighted by molar-refractivity contribution is 0.586. The van der Waals surface area contributed by atoms with Gasteiger partial charge in [-0.3, -0.25) is 4.68 Å². The Labute approximate surface area is 102 Å². The molecule has 1 heterocycles. The molecule has 0 spiro atoms. The molecule has 0 aliphatic rings. The van der Waals surface area contributed by atoms with Crippen LogP contribution in [0.5, 0.6) is 0 Å². The molecular formula is C10H8Cl2FN3. The lowest BCUT2D eigenvalue weighted by Crippen LogP contribution is -2.03. The zero-order valence-corrected chi connectivity index (χ0v) is 9.63. The van der Waals surface area contributed by atoms with Crippen LogP contribution in [0.25, 0.3) is 0 Å². The molecule has 6 heteroatoms. The molecule has 0 amide bonds. The molecule has 0 saturated carbocycles. The number of rotatable bonds is 2. The normalized spacial score (nSPS) is 10.7. The number of nitrogens with zero attached hydrogens (tertiary/aromatic N) is 2. The van der Waals surface area contributed by atoms with E-state index in [0.717, 1.165) is 0 Å². The summed E-state index contributed by atoms with van der Waals surface area (Å²) < 4.78 is 14.9. The number of anilines is 1. The van der Waals surface area contributed by atoms with Crippen molar-refractivity contribution in [1.82, 2.24) is 9.78 Å². The van der Waals surface area contributed by atoms with Crippen molar-refractivity contribution in [2.24, 2.45) is 0 Å². The van der Waals surface area contributed by atoms with Crippen molar-refractivity contribution >= 4 is 29.0 Å². The van der Waals surface area contributed by atoms with E-state index in [9.17, 15) is 4.39 Å².